The van der Waals surface area contributed by atoms with Crippen LogP contribution in [-0.2, 0) is 30.4 Å². The Bertz CT molecular complexity index is 1870. The van der Waals surface area contributed by atoms with Gasteiger partial charge in [-0.25, -0.2) is 9.59 Å². The molecule has 1 aliphatic carbocycles. The van der Waals surface area contributed by atoms with E-state index in [1.165, 1.54) is 4.90 Å². The molecule has 10 heteroatoms. The highest BCUT2D eigenvalue weighted by Gasteiger charge is 2.31. The normalized spacial score (nSPS) is 13.3. The summed E-state index contributed by atoms with van der Waals surface area (Å²) in [5, 5.41) is 15.2. The Kier molecular flexibility index (Phi) is 14.9. The fraction of sp³-hybridized carbons (Fsp3) is 0.289. The van der Waals surface area contributed by atoms with Gasteiger partial charge in [-0.3, -0.25) is 9.59 Å². The molecule has 0 saturated carbocycles. The Morgan fingerprint density at radius 1 is 0.818 bits per heavy atom. The minimum Gasteiger partial charge on any atom is -0.454 e. The molecule has 0 unspecified atom stereocenters. The second-order valence-electron chi connectivity index (χ2n) is 13.4. The number of amides is 3. The van der Waals surface area contributed by atoms with E-state index in [4.69, 9.17) is 9.47 Å². The van der Waals surface area contributed by atoms with Gasteiger partial charge in [0.1, 0.15) is 18.8 Å². The zero-order valence-electron chi connectivity index (χ0n) is 31.0. The lowest BCUT2D eigenvalue weighted by molar-refractivity contribution is -0.152. The number of esters is 1. The fourth-order valence-electron chi connectivity index (χ4n) is 6.81. The second-order valence-corrected chi connectivity index (χ2v) is 13.4. The maximum absolute atomic E-state index is 13.7. The van der Waals surface area contributed by atoms with Crippen molar-refractivity contribution < 1.29 is 33.8 Å². The summed E-state index contributed by atoms with van der Waals surface area (Å²) in [7, 11) is 0. The van der Waals surface area contributed by atoms with Crippen molar-refractivity contribution in [2.75, 3.05) is 26.3 Å². The molecule has 5 rings (SSSR count). The first-order valence-corrected chi connectivity index (χ1v) is 18.6. The molecule has 10 nitrogen and oxygen atoms in total. The van der Waals surface area contributed by atoms with Crippen molar-refractivity contribution in [2.45, 2.75) is 50.3 Å². The summed E-state index contributed by atoms with van der Waals surface area (Å²) in [6.45, 7) is 7.75. The van der Waals surface area contributed by atoms with Gasteiger partial charge in [0, 0.05) is 25.4 Å². The first kappa shape index (κ1) is 40.2. The molecule has 55 heavy (non-hydrogen) atoms. The number of aliphatic hydroxyl groups excluding tert-OH is 1. The summed E-state index contributed by atoms with van der Waals surface area (Å²) < 4.78 is 11.7. The molecule has 3 N–H and O–H groups in total. The number of benzene rings is 4. The number of alkyl carbamates (subject to hydrolysis) is 1. The van der Waals surface area contributed by atoms with Crippen LogP contribution in [0.25, 0.3) is 11.1 Å². The van der Waals surface area contributed by atoms with Crippen molar-refractivity contribution in [3.05, 3.63) is 157 Å². The summed E-state index contributed by atoms with van der Waals surface area (Å²) in [5.74, 6) is -2.28. The molecule has 4 aromatic rings. The van der Waals surface area contributed by atoms with Crippen LogP contribution in [0.1, 0.15) is 60.0 Å². The van der Waals surface area contributed by atoms with Crippen molar-refractivity contribution in [2.24, 2.45) is 5.92 Å². The van der Waals surface area contributed by atoms with E-state index in [2.05, 4.69) is 35.9 Å². The van der Waals surface area contributed by atoms with Crippen LogP contribution in [-0.4, -0.2) is 66.2 Å². The molecule has 0 spiro atoms. The number of carbonyl (C=O) groups is 4. The van der Waals surface area contributed by atoms with Gasteiger partial charge in [-0.1, -0.05) is 121 Å². The number of rotatable bonds is 20. The van der Waals surface area contributed by atoms with E-state index in [1.54, 1.807) is 36.4 Å². The molecule has 1 aliphatic rings. The van der Waals surface area contributed by atoms with Crippen LogP contribution in [0.4, 0.5) is 4.79 Å². The van der Waals surface area contributed by atoms with E-state index in [0.29, 0.717) is 18.5 Å². The Balaban J connectivity index is 1.23. The minimum absolute atomic E-state index is 0.0834. The molecule has 0 saturated heterocycles. The molecule has 0 bridgehead atoms. The standard InChI is InChI=1S/C45H49N3O7/c1-3-5-25-40(47-45(53)54-31-39-37-23-14-12-21-35(37)36-22-13-15-24-38(36)39)44(52)55-41(33-19-10-7-11-20-33)29-46-43(51)34(16-4-2)28-42(50)48(26-27-49)30-32-17-8-6-9-18-32/h3-4,6-15,17-24,34,39-41,49H,1-2,5,16,25-31H2,(H,46,51)(H,47,53)/t34-,40+,41+/m1/s1. The van der Waals surface area contributed by atoms with E-state index in [-0.39, 0.29) is 57.4 Å². The smallest absolute Gasteiger partial charge is 0.407 e. The molecule has 4 aromatic carbocycles. The lowest BCUT2D eigenvalue weighted by Crippen LogP contribution is -2.44. The molecule has 3 atom stereocenters. The Morgan fingerprint density at radius 2 is 1.44 bits per heavy atom. The maximum Gasteiger partial charge on any atom is 0.407 e. The van der Waals surface area contributed by atoms with E-state index >= 15 is 0 Å². The van der Waals surface area contributed by atoms with E-state index in [0.717, 1.165) is 27.8 Å². The Hall–Kier alpha value is -6.00. The summed E-state index contributed by atoms with van der Waals surface area (Å²) >= 11 is 0. The third kappa shape index (κ3) is 11.0. The highest BCUT2D eigenvalue weighted by Crippen LogP contribution is 2.44. The Morgan fingerprint density at radius 3 is 2.05 bits per heavy atom. The molecule has 3 amide bonds. The van der Waals surface area contributed by atoms with Gasteiger partial charge < -0.3 is 30.1 Å². The van der Waals surface area contributed by atoms with Crippen molar-refractivity contribution in [1.29, 1.82) is 0 Å². The third-order valence-electron chi connectivity index (χ3n) is 9.65. The monoisotopic (exact) mass is 743 g/mol. The van der Waals surface area contributed by atoms with Crippen LogP contribution >= 0.6 is 0 Å². The molecule has 0 fully saturated rings. The number of fused-ring (bicyclic) bond motifs is 3. The van der Waals surface area contributed by atoms with Gasteiger partial charge in [-0.2, -0.15) is 0 Å². The minimum atomic E-state index is -1.05. The van der Waals surface area contributed by atoms with Crippen molar-refractivity contribution >= 4 is 23.9 Å². The number of nitrogens with one attached hydrogen (secondary N) is 2. The largest absolute Gasteiger partial charge is 0.454 e. The van der Waals surface area contributed by atoms with Crippen LogP contribution in [0.15, 0.2) is 135 Å². The number of aliphatic hydroxyl groups is 1. The fourth-order valence-corrected chi connectivity index (χ4v) is 6.81. The maximum atomic E-state index is 13.7. The van der Waals surface area contributed by atoms with Crippen LogP contribution < -0.4 is 10.6 Å². The molecular weight excluding hydrogens is 695 g/mol. The summed E-state index contributed by atoms with van der Waals surface area (Å²) in [6.07, 6.45) is 2.35. The number of allylic oxidation sites excluding steroid dienone is 2. The third-order valence-corrected chi connectivity index (χ3v) is 9.65. The molecule has 286 valence electrons. The molecule has 0 aromatic heterocycles. The first-order valence-electron chi connectivity index (χ1n) is 18.6. The molecule has 0 radical (unpaired) electrons. The van der Waals surface area contributed by atoms with Crippen LogP contribution in [0.2, 0.25) is 0 Å². The average Bonchev–Trinajstić information content (AvgIpc) is 3.53. The number of carbonyl (C=O) groups excluding carboxylic acids is 4. The van der Waals surface area contributed by atoms with Gasteiger partial charge in [0.15, 0.2) is 0 Å². The van der Waals surface area contributed by atoms with Crippen molar-refractivity contribution in [3.63, 3.8) is 0 Å². The van der Waals surface area contributed by atoms with Gasteiger partial charge >= 0.3 is 12.1 Å². The first-order chi connectivity index (χ1) is 26.8. The van der Waals surface area contributed by atoms with Crippen molar-refractivity contribution in [1.82, 2.24) is 15.5 Å². The molecule has 0 aliphatic heterocycles. The quantitative estimate of drug-likeness (QED) is 0.0665. The SMILES string of the molecule is C=CCC[C@H](NC(=O)OCC1c2ccccc2-c2ccccc21)C(=O)O[C@@H](CNC(=O)[C@H](CC=C)CC(=O)N(CCO)Cc1ccccc1)c1ccccc1. The molecule has 0 heterocycles. The van der Waals surface area contributed by atoms with E-state index in [9.17, 15) is 24.3 Å². The lowest BCUT2D eigenvalue weighted by atomic mass is 9.98. The summed E-state index contributed by atoms with van der Waals surface area (Å²) in [6, 6.07) is 33.4. The van der Waals surface area contributed by atoms with E-state index in [1.807, 2.05) is 72.8 Å². The average molecular weight is 744 g/mol. The zero-order valence-corrected chi connectivity index (χ0v) is 31.0. The topological polar surface area (TPSA) is 134 Å². The van der Waals surface area contributed by atoms with Crippen LogP contribution in [0, 0.1) is 5.92 Å². The predicted octanol–water partition coefficient (Wildman–Crippen LogP) is 6.86. The molecular formula is C45H49N3O7. The number of hydrogen-bond donors (Lipinski definition) is 3. The summed E-state index contributed by atoms with van der Waals surface area (Å²) in [4.78, 5) is 55.5. The lowest BCUT2D eigenvalue weighted by Gasteiger charge is -2.26. The predicted molar refractivity (Wildman–Crippen MR) is 212 cm³/mol. The van der Waals surface area contributed by atoms with Crippen LogP contribution in [0.3, 0.4) is 0 Å². The van der Waals surface area contributed by atoms with Gasteiger partial charge in [-0.05, 0) is 52.6 Å². The van der Waals surface area contributed by atoms with Gasteiger partial charge in [-0.15, -0.1) is 13.2 Å². The van der Waals surface area contributed by atoms with Crippen molar-refractivity contribution in [3.8, 4) is 11.1 Å². The number of hydrogen-bond acceptors (Lipinski definition) is 7. The number of nitrogens with zero attached hydrogens (tertiary/aromatic N) is 1. The zero-order chi connectivity index (χ0) is 39.0. The van der Waals surface area contributed by atoms with Gasteiger partial charge in [0.25, 0.3) is 0 Å². The highest BCUT2D eigenvalue weighted by molar-refractivity contribution is 5.86. The Labute approximate surface area is 322 Å². The van der Waals surface area contributed by atoms with E-state index < -0.39 is 36.0 Å². The summed E-state index contributed by atoms with van der Waals surface area (Å²) in [5.41, 5.74) is 5.89. The highest BCUT2D eigenvalue weighted by atomic mass is 16.6. The van der Waals surface area contributed by atoms with Gasteiger partial charge in [0.05, 0.1) is 19.1 Å². The van der Waals surface area contributed by atoms with Crippen LogP contribution in [0.5, 0.6) is 0 Å². The second kappa shape index (κ2) is 20.5. The number of ether oxygens (including phenoxy) is 2. The van der Waals surface area contributed by atoms with Gasteiger partial charge in [0.2, 0.25) is 11.8 Å².